The van der Waals surface area contributed by atoms with E-state index in [9.17, 15) is 0 Å². The molecule has 0 fully saturated rings. The topological polar surface area (TPSA) is 12.0 Å². The van der Waals surface area contributed by atoms with Crippen molar-refractivity contribution in [1.82, 2.24) is 5.32 Å². The minimum Gasteiger partial charge on any atom is -0.307 e. The summed E-state index contributed by atoms with van der Waals surface area (Å²) < 4.78 is 0. The molecule has 0 aliphatic rings. The molecule has 1 unspecified atom stereocenters. The van der Waals surface area contributed by atoms with Crippen LogP contribution in [0.3, 0.4) is 0 Å². The average molecular weight is 217 g/mol. The number of hydrogen-bond donors (Lipinski definition) is 1. The number of benzene rings is 1. The van der Waals surface area contributed by atoms with Crippen LogP contribution >= 0.6 is 0 Å². The molecule has 1 atom stereocenters. The van der Waals surface area contributed by atoms with Gasteiger partial charge in [-0.05, 0) is 44.9 Å². The minimum absolute atomic E-state index is 0.353. The van der Waals surface area contributed by atoms with E-state index in [1.807, 2.05) is 0 Å². The van der Waals surface area contributed by atoms with Gasteiger partial charge in [-0.25, -0.2) is 0 Å². The zero-order chi connectivity index (χ0) is 12.0. The van der Waals surface area contributed by atoms with Crippen molar-refractivity contribution in [2.45, 2.75) is 40.2 Å². The standard InChI is InChI=1S/C15H23N/c1-5-10-16-15(11-12(2)3)14-9-7-6-8-13(14)4/h6-9,11,15-16H,5,10H2,1-4H3. The Morgan fingerprint density at radius 1 is 1.31 bits per heavy atom. The molecule has 0 aromatic heterocycles. The third-order valence-electron chi connectivity index (χ3n) is 2.64. The van der Waals surface area contributed by atoms with Gasteiger partial charge in [0.25, 0.3) is 0 Å². The lowest BCUT2D eigenvalue weighted by atomic mass is 9.99. The Hall–Kier alpha value is -1.08. The molecule has 0 heterocycles. The third kappa shape index (κ3) is 3.82. The summed E-state index contributed by atoms with van der Waals surface area (Å²) in [5, 5.41) is 3.58. The summed E-state index contributed by atoms with van der Waals surface area (Å²) >= 11 is 0. The molecule has 0 radical (unpaired) electrons. The van der Waals surface area contributed by atoms with Crippen molar-refractivity contribution in [2.75, 3.05) is 6.54 Å². The van der Waals surface area contributed by atoms with Crippen molar-refractivity contribution in [3.63, 3.8) is 0 Å². The quantitative estimate of drug-likeness (QED) is 0.735. The molecule has 0 bridgehead atoms. The lowest BCUT2D eigenvalue weighted by Crippen LogP contribution is -2.21. The van der Waals surface area contributed by atoms with Gasteiger partial charge >= 0.3 is 0 Å². The highest BCUT2D eigenvalue weighted by Gasteiger charge is 2.09. The molecular formula is C15H23N. The van der Waals surface area contributed by atoms with E-state index in [-0.39, 0.29) is 0 Å². The van der Waals surface area contributed by atoms with Crippen molar-refractivity contribution in [3.05, 3.63) is 47.0 Å². The number of aryl methyl sites for hydroxylation is 1. The van der Waals surface area contributed by atoms with Crippen molar-refractivity contribution < 1.29 is 0 Å². The van der Waals surface area contributed by atoms with Gasteiger partial charge in [0.05, 0.1) is 6.04 Å². The van der Waals surface area contributed by atoms with E-state index < -0.39 is 0 Å². The van der Waals surface area contributed by atoms with Crippen LogP contribution in [0.4, 0.5) is 0 Å². The Morgan fingerprint density at radius 2 is 2.00 bits per heavy atom. The van der Waals surface area contributed by atoms with Crippen LogP contribution in [0.1, 0.15) is 44.4 Å². The second-order valence-electron chi connectivity index (χ2n) is 4.53. The maximum Gasteiger partial charge on any atom is 0.0511 e. The van der Waals surface area contributed by atoms with E-state index in [2.05, 4.69) is 63.4 Å². The van der Waals surface area contributed by atoms with Crippen LogP contribution in [-0.4, -0.2) is 6.54 Å². The first kappa shape index (κ1) is 13.0. The van der Waals surface area contributed by atoms with Crippen molar-refractivity contribution in [1.29, 1.82) is 0 Å². The first-order valence-corrected chi connectivity index (χ1v) is 6.09. The van der Waals surface area contributed by atoms with E-state index >= 15 is 0 Å². The van der Waals surface area contributed by atoms with E-state index in [1.165, 1.54) is 23.1 Å². The van der Waals surface area contributed by atoms with Crippen molar-refractivity contribution in [3.8, 4) is 0 Å². The fourth-order valence-corrected chi connectivity index (χ4v) is 1.83. The van der Waals surface area contributed by atoms with Crippen LogP contribution in [-0.2, 0) is 0 Å². The molecule has 1 aromatic rings. The van der Waals surface area contributed by atoms with Crippen LogP contribution in [0.2, 0.25) is 0 Å². The van der Waals surface area contributed by atoms with Gasteiger partial charge in [-0.3, -0.25) is 0 Å². The summed E-state index contributed by atoms with van der Waals surface area (Å²) in [6, 6.07) is 8.95. The highest BCUT2D eigenvalue weighted by atomic mass is 14.9. The lowest BCUT2D eigenvalue weighted by molar-refractivity contribution is 0.608. The molecule has 1 rings (SSSR count). The molecule has 0 saturated heterocycles. The van der Waals surface area contributed by atoms with Gasteiger partial charge in [0.2, 0.25) is 0 Å². The smallest absolute Gasteiger partial charge is 0.0511 e. The summed E-state index contributed by atoms with van der Waals surface area (Å²) in [4.78, 5) is 0. The third-order valence-corrected chi connectivity index (χ3v) is 2.64. The molecule has 1 nitrogen and oxygen atoms in total. The lowest BCUT2D eigenvalue weighted by Gasteiger charge is -2.18. The molecule has 16 heavy (non-hydrogen) atoms. The molecule has 1 aromatic carbocycles. The van der Waals surface area contributed by atoms with Gasteiger partial charge in [-0.1, -0.05) is 42.8 Å². The second kappa shape index (κ2) is 6.49. The first-order chi connectivity index (χ1) is 7.65. The first-order valence-electron chi connectivity index (χ1n) is 6.09. The number of nitrogens with one attached hydrogen (secondary N) is 1. The fraction of sp³-hybridized carbons (Fsp3) is 0.467. The van der Waals surface area contributed by atoms with Gasteiger partial charge in [-0.15, -0.1) is 0 Å². The van der Waals surface area contributed by atoms with E-state index in [0.29, 0.717) is 6.04 Å². The van der Waals surface area contributed by atoms with Gasteiger partial charge in [-0.2, -0.15) is 0 Å². The maximum atomic E-state index is 3.58. The highest BCUT2D eigenvalue weighted by Crippen LogP contribution is 2.19. The molecule has 0 aliphatic heterocycles. The van der Waals surface area contributed by atoms with E-state index in [0.717, 1.165) is 6.54 Å². The molecular weight excluding hydrogens is 194 g/mol. The van der Waals surface area contributed by atoms with Gasteiger partial charge < -0.3 is 5.32 Å². The molecule has 0 spiro atoms. The molecule has 1 N–H and O–H groups in total. The normalized spacial score (nSPS) is 12.2. The number of rotatable bonds is 5. The van der Waals surface area contributed by atoms with Crippen LogP contribution in [0, 0.1) is 6.92 Å². The monoisotopic (exact) mass is 217 g/mol. The Balaban J connectivity index is 2.92. The molecule has 1 heteroatoms. The summed E-state index contributed by atoms with van der Waals surface area (Å²) in [5.74, 6) is 0. The largest absolute Gasteiger partial charge is 0.307 e. The molecule has 0 aliphatic carbocycles. The van der Waals surface area contributed by atoms with E-state index in [1.54, 1.807) is 0 Å². The summed E-state index contributed by atoms with van der Waals surface area (Å²) in [6.45, 7) is 9.74. The molecule has 88 valence electrons. The summed E-state index contributed by atoms with van der Waals surface area (Å²) in [6.07, 6.45) is 3.47. The predicted molar refractivity (Wildman–Crippen MR) is 71.6 cm³/mol. The molecule has 0 saturated carbocycles. The molecule has 0 amide bonds. The highest BCUT2D eigenvalue weighted by molar-refractivity contribution is 5.32. The van der Waals surface area contributed by atoms with Crippen molar-refractivity contribution >= 4 is 0 Å². The fourth-order valence-electron chi connectivity index (χ4n) is 1.83. The summed E-state index contributed by atoms with van der Waals surface area (Å²) in [5.41, 5.74) is 4.10. The number of hydrogen-bond acceptors (Lipinski definition) is 1. The Kier molecular flexibility index (Phi) is 5.27. The average Bonchev–Trinajstić information content (AvgIpc) is 2.24. The van der Waals surface area contributed by atoms with Crippen LogP contribution in [0.15, 0.2) is 35.9 Å². The van der Waals surface area contributed by atoms with Crippen LogP contribution in [0.5, 0.6) is 0 Å². The Labute approximate surface area is 99.6 Å². The predicted octanol–water partition coefficient (Wildman–Crippen LogP) is 4.00. The van der Waals surface area contributed by atoms with Gasteiger partial charge in [0.1, 0.15) is 0 Å². The zero-order valence-electron chi connectivity index (χ0n) is 10.9. The Bertz CT molecular complexity index is 348. The summed E-state index contributed by atoms with van der Waals surface area (Å²) in [7, 11) is 0. The zero-order valence-corrected chi connectivity index (χ0v) is 10.9. The van der Waals surface area contributed by atoms with Gasteiger partial charge in [0.15, 0.2) is 0 Å². The second-order valence-corrected chi connectivity index (χ2v) is 4.53. The van der Waals surface area contributed by atoms with E-state index in [4.69, 9.17) is 0 Å². The maximum absolute atomic E-state index is 3.58. The SMILES string of the molecule is CCCNC(C=C(C)C)c1ccccc1C. The van der Waals surface area contributed by atoms with Crippen molar-refractivity contribution in [2.24, 2.45) is 0 Å². The number of allylic oxidation sites excluding steroid dienone is 1. The Morgan fingerprint density at radius 3 is 2.56 bits per heavy atom. The van der Waals surface area contributed by atoms with Crippen LogP contribution in [0.25, 0.3) is 0 Å². The minimum atomic E-state index is 0.353. The van der Waals surface area contributed by atoms with Gasteiger partial charge in [0, 0.05) is 0 Å². The van der Waals surface area contributed by atoms with Crippen LogP contribution < -0.4 is 5.32 Å².